The van der Waals surface area contributed by atoms with Crippen molar-refractivity contribution < 1.29 is 4.79 Å². The highest BCUT2D eigenvalue weighted by Gasteiger charge is 2.35. The summed E-state index contributed by atoms with van der Waals surface area (Å²) >= 11 is 3.95. The van der Waals surface area contributed by atoms with Crippen LogP contribution in [0.25, 0.3) is 0 Å². The van der Waals surface area contributed by atoms with Gasteiger partial charge in [0, 0.05) is 17.2 Å². The van der Waals surface area contributed by atoms with Gasteiger partial charge in [-0.3, -0.25) is 4.79 Å². The minimum Gasteiger partial charge on any atom is -0.324 e. The second-order valence-electron chi connectivity index (χ2n) is 5.87. The van der Waals surface area contributed by atoms with E-state index in [-0.39, 0.29) is 5.91 Å². The van der Waals surface area contributed by atoms with Gasteiger partial charge in [-0.1, -0.05) is 31.4 Å². The predicted molar refractivity (Wildman–Crippen MR) is 92.7 cm³/mol. The number of anilines is 1. The van der Waals surface area contributed by atoms with Crippen LogP contribution in [0.5, 0.6) is 0 Å². The molecule has 1 heterocycles. The number of benzene rings is 1. The number of carbonyl (C=O) groups is 1. The summed E-state index contributed by atoms with van der Waals surface area (Å²) in [6.07, 6.45) is 4.90. The zero-order valence-corrected chi connectivity index (χ0v) is 13.8. The molecule has 2 fully saturated rings. The van der Waals surface area contributed by atoms with Crippen LogP contribution < -0.4 is 11.1 Å². The lowest BCUT2D eigenvalue weighted by molar-refractivity contribution is -0.122. The molecule has 0 spiro atoms. The van der Waals surface area contributed by atoms with Crippen molar-refractivity contribution >= 4 is 35.1 Å². The van der Waals surface area contributed by atoms with E-state index in [0.717, 1.165) is 31.4 Å². The molecule has 1 aromatic rings. The third kappa shape index (κ3) is 3.58. The molecule has 1 saturated carbocycles. The van der Waals surface area contributed by atoms with E-state index in [4.69, 9.17) is 5.73 Å². The molecule has 0 atom stereocenters. The Hall–Kier alpha value is -0.650. The van der Waals surface area contributed by atoms with Gasteiger partial charge < -0.3 is 11.1 Å². The first kappa shape index (κ1) is 15.3. The van der Waals surface area contributed by atoms with Gasteiger partial charge >= 0.3 is 0 Å². The molecule has 1 aliphatic carbocycles. The zero-order valence-electron chi connectivity index (χ0n) is 12.1. The molecule has 0 unspecified atom stereocenters. The van der Waals surface area contributed by atoms with Crippen LogP contribution in [-0.2, 0) is 4.79 Å². The number of hydrogen-bond acceptors (Lipinski definition) is 4. The third-order valence-corrected chi connectivity index (χ3v) is 7.34. The maximum Gasteiger partial charge on any atom is 0.244 e. The topological polar surface area (TPSA) is 55.1 Å². The number of carbonyl (C=O) groups excluding carboxylic acids is 1. The van der Waals surface area contributed by atoms with Crippen LogP contribution in [0.4, 0.5) is 5.69 Å². The Bertz CT molecular complexity index is 509. The van der Waals surface area contributed by atoms with Gasteiger partial charge in [0.25, 0.3) is 0 Å². The SMILES string of the molecule is NC1(C(=O)Nc2cccc(C3SCCS3)c2)CCCCC1. The van der Waals surface area contributed by atoms with Gasteiger partial charge in [-0.25, -0.2) is 0 Å². The highest BCUT2D eigenvalue weighted by atomic mass is 32.2. The minimum atomic E-state index is -0.675. The summed E-state index contributed by atoms with van der Waals surface area (Å²) < 4.78 is 0.503. The lowest BCUT2D eigenvalue weighted by Gasteiger charge is -2.31. The molecular formula is C16H22N2OS2. The van der Waals surface area contributed by atoms with E-state index in [1.807, 2.05) is 35.7 Å². The number of hydrogen-bond donors (Lipinski definition) is 2. The summed E-state index contributed by atoms with van der Waals surface area (Å²) in [6.45, 7) is 0. The molecule has 0 aromatic heterocycles. The van der Waals surface area contributed by atoms with Gasteiger partial charge in [-0.15, -0.1) is 23.5 Å². The largest absolute Gasteiger partial charge is 0.324 e. The first-order chi connectivity index (χ1) is 10.2. The van der Waals surface area contributed by atoms with E-state index in [9.17, 15) is 4.79 Å². The lowest BCUT2D eigenvalue weighted by atomic mass is 9.82. The van der Waals surface area contributed by atoms with Gasteiger partial charge in [0.2, 0.25) is 5.91 Å². The monoisotopic (exact) mass is 322 g/mol. The molecule has 5 heteroatoms. The normalized spacial score (nSPS) is 22.1. The average molecular weight is 322 g/mol. The van der Waals surface area contributed by atoms with Crippen molar-refractivity contribution in [3.63, 3.8) is 0 Å². The third-order valence-electron chi connectivity index (χ3n) is 4.24. The minimum absolute atomic E-state index is 0.0221. The Morgan fingerprint density at radius 3 is 2.62 bits per heavy atom. The average Bonchev–Trinajstić information content (AvgIpc) is 3.02. The van der Waals surface area contributed by atoms with Gasteiger partial charge in [0.05, 0.1) is 10.1 Å². The Kier molecular flexibility index (Phi) is 4.82. The predicted octanol–water partition coefficient (Wildman–Crippen LogP) is 3.77. The molecule has 1 saturated heterocycles. The summed E-state index contributed by atoms with van der Waals surface area (Å²) in [6, 6.07) is 8.22. The van der Waals surface area contributed by atoms with Crippen LogP contribution in [0.15, 0.2) is 24.3 Å². The summed E-state index contributed by atoms with van der Waals surface area (Å²) in [5.41, 5.74) is 7.78. The molecular weight excluding hydrogens is 300 g/mol. The molecule has 3 nitrogen and oxygen atoms in total. The highest BCUT2D eigenvalue weighted by molar-refractivity contribution is 8.19. The summed E-state index contributed by atoms with van der Waals surface area (Å²) in [5, 5.41) is 3.03. The quantitative estimate of drug-likeness (QED) is 0.889. The molecule has 114 valence electrons. The molecule has 1 aromatic carbocycles. The summed E-state index contributed by atoms with van der Waals surface area (Å²) in [7, 11) is 0. The van der Waals surface area contributed by atoms with Crippen molar-refractivity contribution in [2.24, 2.45) is 5.73 Å². The van der Waals surface area contributed by atoms with Crippen LogP contribution >= 0.6 is 23.5 Å². The van der Waals surface area contributed by atoms with Crippen LogP contribution in [-0.4, -0.2) is 23.0 Å². The number of amides is 1. The molecule has 2 aliphatic rings. The number of nitrogens with two attached hydrogens (primary N) is 1. The molecule has 3 rings (SSSR count). The Labute approximate surface area is 134 Å². The van der Waals surface area contributed by atoms with Gasteiger partial charge in [-0.2, -0.15) is 0 Å². The van der Waals surface area contributed by atoms with Crippen LogP contribution in [0.1, 0.15) is 42.2 Å². The first-order valence-corrected chi connectivity index (χ1v) is 9.71. The second-order valence-corrected chi connectivity index (χ2v) is 8.59. The summed E-state index contributed by atoms with van der Waals surface area (Å²) in [5.74, 6) is 2.39. The standard InChI is InChI=1S/C16H22N2OS2/c17-16(7-2-1-3-8-16)15(19)18-13-6-4-5-12(11-13)14-20-9-10-21-14/h4-6,11,14H,1-3,7-10,17H2,(H,18,19). The first-order valence-electron chi connectivity index (χ1n) is 7.61. The Morgan fingerprint density at radius 1 is 1.19 bits per heavy atom. The van der Waals surface area contributed by atoms with Crippen molar-refractivity contribution in [3.05, 3.63) is 29.8 Å². The van der Waals surface area contributed by atoms with E-state index in [1.54, 1.807) is 0 Å². The van der Waals surface area contributed by atoms with Gasteiger partial charge in [0.15, 0.2) is 0 Å². The maximum atomic E-state index is 12.5. The maximum absolute atomic E-state index is 12.5. The fraction of sp³-hybridized carbons (Fsp3) is 0.562. The highest BCUT2D eigenvalue weighted by Crippen LogP contribution is 2.45. The number of nitrogens with one attached hydrogen (secondary N) is 1. The number of rotatable bonds is 3. The van der Waals surface area contributed by atoms with Gasteiger partial charge in [0.1, 0.15) is 0 Å². The molecule has 1 aliphatic heterocycles. The van der Waals surface area contributed by atoms with Crippen LogP contribution in [0, 0.1) is 0 Å². The van der Waals surface area contributed by atoms with E-state index >= 15 is 0 Å². The lowest BCUT2D eigenvalue weighted by Crippen LogP contribution is -2.52. The Balaban J connectivity index is 1.69. The van der Waals surface area contributed by atoms with Crippen molar-refractivity contribution in [2.75, 3.05) is 16.8 Å². The molecule has 21 heavy (non-hydrogen) atoms. The molecule has 0 radical (unpaired) electrons. The van der Waals surface area contributed by atoms with E-state index < -0.39 is 5.54 Å². The summed E-state index contributed by atoms with van der Waals surface area (Å²) in [4.78, 5) is 12.5. The van der Waals surface area contributed by atoms with E-state index in [1.165, 1.54) is 23.5 Å². The van der Waals surface area contributed by atoms with Crippen LogP contribution in [0.3, 0.4) is 0 Å². The van der Waals surface area contributed by atoms with E-state index in [2.05, 4.69) is 17.4 Å². The Morgan fingerprint density at radius 2 is 1.90 bits per heavy atom. The van der Waals surface area contributed by atoms with Crippen molar-refractivity contribution in [3.8, 4) is 0 Å². The van der Waals surface area contributed by atoms with Crippen molar-refractivity contribution in [1.82, 2.24) is 0 Å². The molecule has 0 bridgehead atoms. The van der Waals surface area contributed by atoms with Crippen LogP contribution in [0.2, 0.25) is 0 Å². The molecule has 3 N–H and O–H groups in total. The fourth-order valence-electron chi connectivity index (χ4n) is 2.98. The van der Waals surface area contributed by atoms with Crippen molar-refractivity contribution in [1.29, 1.82) is 0 Å². The smallest absolute Gasteiger partial charge is 0.244 e. The molecule has 1 amide bonds. The zero-order chi connectivity index (χ0) is 14.7. The number of thioether (sulfide) groups is 2. The van der Waals surface area contributed by atoms with Gasteiger partial charge in [-0.05, 0) is 30.5 Å². The van der Waals surface area contributed by atoms with Crippen molar-refractivity contribution in [2.45, 2.75) is 42.2 Å². The fourth-order valence-corrected chi connectivity index (χ4v) is 5.82. The van der Waals surface area contributed by atoms with E-state index in [0.29, 0.717) is 4.58 Å². The second kappa shape index (κ2) is 6.63.